The summed E-state index contributed by atoms with van der Waals surface area (Å²) in [6.07, 6.45) is 3.58. The van der Waals surface area contributed by atoms with Gasteiger partial charge < -0.3 is 20.3 Å². The van der Waals surface area contributed by atoms with E-state index >= 15 is 0 Å². The summed E-state index contributed by atoms with van der Waals surface area (Å²) in [7, 11) is 5.29. The molecule has 2 aliphatic heterocycles. The van der Waals surface area contributed by atoms with Gasteiger partial charge in [-0.25, -0.2) is 14.8 Å². The van der Waals surface area contributed by atoms with Crippen LogP contribution in [0.1, 0.15) is 17.2 Å². The number of likely N-dealkylation sites (tertiary alicyclic amines) is 2. The maximum atomic E-state index is 12.9. The average molecular weight is 396 g/mol. The number of methoxy groups -OCH3 is 1. The summed E-state index contributed by atoms with van der Waals surface area (Å²) in [5.74, 6) is 1.96. The number of fused-ring (bicyclic) bond motifs is 1. The molecule has 4 rings (SSSR count). The number of nitrogens with zero attached hydrogens (tertiary/aromatic N) is 5. The molecule has 0 saturated carbocycles. The third-order valence-corrected chi connectivity index (χ3v) is 5.96. The second kappa shape index (κ2) is 7.87. The van der Waals surface area contributed by atoms with E-state index in [1.165, 1.54) is 0 Å². The summed E-state index contributed by atoms with van der Waals surface area (Å²) in [4.78, 5) is 27.2. The maximum Gasteiger partial charge on any atom is 0.320 e. The Morgan fingerprint density at radius 3 is 2.48 bits per heavy atom. The lowest BCUT2D eigenvalue weighted by atomic mass is 9.89. The second-order valence-corrected chi connectivity index (χ2v) is 8.11. The number of hydrogen-bond acceptors (Lipinski definition) is 6. The number of amides is 2. The summed E-state index contributed by atoms with van der Waals surface area (Å²) in [5.41, 5.74) is 7.81. The van der Waals surface area contributed by atoms with Crippen LogP contribution in [0.15, 0.2) is 36.7 Å². The number of anilines is 1. The van der Waals surface area contributed by atoms with Crippen LogP contribution < -0.4 is 10.5 Å². The molecule has 29 heavy (non-hydrogen) atoms. The van der Waals surface area contributed by atoms with Crippen LogP contribution in [-0.2, 0) is 6.54 Å². The number of carbonyl (C=O) groups is 1. The summed E-state index contributed by atoms with van der Waals surface area (Å²) < 4.78 is 5.31. The van der Waals surface area contributed by atoms with E-state index in [0.29, 0.717) is 17.8 Å². The molecular weight excluding hydrogens is 368 g/mol. The minimum atomic E-state index is 0.0634. The zero-order valence-corrected chi connectivity index (χ0v) is 17.2. The predicted molar refractivity (Wildman–Crippen MR) is 110 cm³/mol. The summed E-state index contributed by atoms with van der Waals surface area (Å²) >= 11 is 0. The van der Waals surface area contributed by atoms with Crippen LogP contribution in [0.5, 0.6) is 5.75 Å². The fraction of sp³-hybridized carbons (Fsp3) is 0.476. The van der Waals surface area contributed by atoms with Gasteiger partial charge in [-0.2, -0.15) is 0 Å². The normalized spacial score (nSPS) is 23.8. The highest BCUT2D eigenvalue weighted by molar-refractivity contribution is 5.75. The summed E-state index contributed by atoms with van der Waals surface area (Å²) in [6, 6.07) is 8.24. The Morgan fingerprint density at radius 2 is 1.86 bits per heavy atom. The van der Waals surface area contributed by atoms with Crippen LogP contribution in [0, 0.1) is 11.8 Å². The minimum absolute atomic E-state index is 0.0634. The first-order valence-corrected chi connectivity index (χ1v) is 9.87. The molecule has 0 unspecified atom stereocenters. The molecule has 3 heterocycles. The molecule has 8 nitrogen and oxygen atoms in total. The molecule has 2 fully saturated rings. The highest BCUT2D eigenvalue weighted by Crippen LogP contribution is 2.45. The smallest absolute Gasteiger partial charge is 0.320 e. The van der Waals surface area contributed by atoms with E-state index in [9.17, 15) is 4.79 Å². The first-order valence-electron chi connectivity index (χ1n) is 9.87. The lowest BCUT2D eigenvalue weighted by Gasteiger charge is -2.32. The molecule has 0 spiro atoms. The fourth-order valence-electron chi connectivity index (χ4n) is 4.65. The lowest BCUT2D eigenvalue weighted by molar-refractivity contribution is 0.151. The van der Waals surface area contributed by atoms with Crippen LogP contribution in [0.25, 0.3) is 0 Å². The summed E-state index contributed by atoms with van der Waals surface area (Å²) in [6.45, 7) is 3.46. The molecule has 2 aromatic rings. The van der Waals surface area contributed by atoms with Crippen molar-refractivity contribution >= 4 is 12.0 Å². The van der Waals surface area contributed by atoms with Gasteiger partial charge in [0.15, 0.2) is 0 Å². The fourth-order valence-corrected chi connectivity index (χ4v) is 4.65. The van der Waals surface area contributed by atoms with Gasteiger partial charge in [-0.1, -0.05) is 12.1 Å². The van der Waals surface area contributed by atoms with E-state index in [0.717, 1.165) is 43.1 Å². The topological polar surface area (TPSA) is 87.8 Å². The number of urea groups is 1. The highest BCUT2D eigenvalue weighted by atomic mass is 16.5. The van der Waals surface area contributed by atoms with E-state index in [-0.39, 0.29) is 12.1 Å². The molecule has 154 valence electrons. The standard InChI is InChI=1S/C21H28N6O2/c1-25(2)21(28)27-12-16-11-26(10-14-8-23-20(22)24-9-14)13-18(16)19(27)15-4-6-17(29-3)7-5-15/h4-9,16,18-19H,10-13H2,1-3H3,(H2,22,23,24)/t16-,18-,19+/m1/s1. The van der Waals surface area contributed by atoms with Gasteiger partial charge in [0.25, 0.3) is 0 Å². The predicted octanol–water partition coefficient (Wildman–Crippen LogP) is 1.85. The average Bonchev–Trinajstić information content (AvgIpc) is 3.26. The molecule has 1 aromatic heterocycles. The van der Waals surface area contributed by atoms with Gasteiger partial charge in [0.05, 0.1) is 13.2 Å². The monoisotopic (exact) mass is 396 g/mol. The van der Waals surface area contributed by atoms with Crippen molar-refractivity contribution in [3.05, 3.63) is 47.8 Å². The number of nitrogens with two attached hydrogens (primary N) is 1. The van der Waals surface area contributed by atoms with Gasteiger partial charge in [0.2, 0.25) is 5.95 Å². The molecule has 2 aliphatic rings. The van der Waals surface area contributed by atoms with Crippen molar-refractivity contribution < 1.29 is 9.53 Å². The Balaban J connectivity index is 1.55. The third-order valence-electron chi connectivity index (χ3n) is 5.96. The molecule has 8 heteroatoms. The molecular formula is C21H28N6O2. The van der Waals surface area contributed by atoms with Crippen molar-refractivity contribution in [1.29, 1.82) is 0 Å². The van der Waals surface area contributed by atoms with E-state index in [1.54, 1.807) is 24.4 Å². The Morgan fingerprint density at radius 1 is 1.17 bits per heavy atom. The quantitative estimate of drug-likeness (QED) is 0.849. The van der Waals surface area contributed by atoms with Crippen molar-refractivity contribution in [1.82, 2.24) is 24.7 Å². The highest BCUT2D eigenvalue weighted by Gasteiger charge is 2.49. The summed E-state index contributed by atoms with van der Waals surface area (Å²) in [5, 5.41) is 0. The van der Waals surface area contributed by atoms with Gasteiger partial charge in [-0.05, 0) is 23.6 Å². The Labute approximate surface area is 171 Å². The van der Waals surface area contributed by atoms with Crippen molar-refractivity contribution in [3.8, 4) is 5.75 Å². The van der Waals surface area contributed by atoms with E-state index in [2.05, 4.69) is 27.0 Å². The van der Waals surface area contributed by atoms with Crippen molar-refractivity contribution in [2.24, 2.45) is 11.8 Å². The molecule has 1 aromatic carbocycles. The number of hydrogen-bond donors (Lipinski definition) is 1. The van der Waals surface area contributed by atoms with E-state index in [4.69, 9.17) is 10.5 Å². The SMILES string of the molecule is COc1ccc([C@H]2[C@@H]3CN(Cc4cnc(N)nc4)C[C@@H]3CN2C(=O)N(C)C)cc1. The Hall–Kier alpha value is -2.87. The van der Waals surface area contributed by atoms with Gasteiger partial charge >= 0.3 is 6.03 Å². The lowest BCUT2D eigenvalue weighted by Crippen LogP contribution is -2.41. The first-order chi connectivity index (χ1) is 14.0. The molecule has 0 bridgehead atoms. The number of rotatable bonds is 4. The zero-order valence-electron chi connectivity index (χ0n) is 17.2. The molecule has 3 atom stereocenters. The molecule has 2 amide bonds. The number of benzene rings is 1. The number of nitrogen functional groups attached to an aromatic ring is 1. The van der Waals surface area contributed by atoms with Crippen molar-refractivity contribution in [2.45, 2.75) is 12.6 Å². The van der Waals surface area contributed by atoms with Gasteiger partial charge in [-0.15, -0.1) is 0 Å². The van der Waals surface area contributed by atoms with Crippen LogP contribution >= 0.6 is 0 Å². The second-order valence-electron chi connectivity index (χ2n) is 8.11. The molecule has 0 aliphatic carbocycles. The van der Waals surface area contributed by atoms with Crippen LogP contribution in [0.2, 0.25) is 0 Å². The minimum Gasteiger partial charge on any atom is -0.497 e. The van der Waals surface area contributed by atoms with Gasteiger partial charge in [0, 0.05) is 64.1 Å². The number of carbonyl (C=O) groups excluding carboxylic acids is 1. The van der Waals surface area contributed by atoms with Gasteiger partial charge in [0.1, 0.15) is 5.75 Å². The molecule has 0 radical (unpaired) electrons. The van der Waals surface area contributed by atoms with Gasteiger partial charge in [-0.3, -0.25) is 4.90 Å². The number of ether oxygens (including phenoxy) is 1. The molecule has 2 N–H and O–H groups in total. The van der Waals surface area contributed by atoms with E-state index in [1.807, 2.05) is 31.1 Å². The van der Waals surface area contributed by atoms with Crippen LogP contribution in [0.4, 0.5) is 10.7 Å². The van der Waals surface area contributed by atoms with Crippen molar-refractivity contribution in [3.63, 3.8) is 0 Å². The van der Waals surface area contributed by atoms with Crippen LogP contribution in [0.3, 0.4) is 0 Å². The zero-order chi connectivity index (χ0) is 20.5. The van der Waals surface area contributed by atoms with Crippen LogP contribution in [-0.4, -0.2) is 71.5 Å². The number of aromatic nitrogens is 2. The van der Waals surface area contributed by atoms with E-state index < -0.39 is 0 Å². The largest absolute Gasteiger partial charge is 0.497 e. The molecule has 2 saturated heterocycles. The Bertz CT molecular complexity index is 854. The first kappa shape index (κ1) is 19.4. The maximum absolute atomic E-state index is 12.9. The third kappa shape index (κ3) is 3.85. The van der Waals surface area contributed by atoms with Crippen molar-refractivity contribution in [2.75, 3.05) is 46.6 Å². The Kier molecular flexibility index (Phi) is 5.27.